The minimum atomic E-state index is -0.477. The lowest BCUT2D eigenvalue weighted by atomic mass is 10.1. The maximum absolute atomic E-state index is 14.0. The number of nitrogens with two attached hydrogens (primary N) is 1. The molecule has 4 nitrogen and oxygen atoms in total. The number of amides is 1. The van der Waals surface area contributed by atoms with Crippen LogP contribution in [0.1, 0.15) is 22.3 Å². The molecular weight excluding hydrogens is 247 g/mol. The van der Waals surface area contributed by atoms with Gasteiger partial charge in [-0.25, -0.2) is 4.39 Å². The van der Waals surface area contributed by atoms with Crippen molar-refractivity contribution < 1.29 is 13.9 Å². The molecule has 5 heteroatoms. The Morgan fingerprint density at radius 2 is 2.32 bits per heavy atom. The van der Waals surface area contributed by atoms with Crippen LogP contribution >= 0.6 is 0 Å². The monoisotopic (exact) mass is 266 g/mol. The van der Waals surface area contributed by atoms with E-state index in [1.54, 1.807) is 18.9 Å². The lowest BCUT2D eigenvalue weighted by molar-refractivity contribution is 0.0771. The van der Waals surface area contributed by atoms with Gasteiger partial charge < -0.3 is 15.4 Å². The van der Waals surface area contributed by atoms with Gasteiger partial charge in [-0.05, 0) is 31.0 Å². The summed E-state index contributed by atoms with van der Waals surface area (Å²) in [6, 6.07) is 2.94. The van der Waals surface area contributed by atoms with Gasteiger partial charge in [-0.2, -0.15) is 0 Å². The summed E-state index contributed by atoms with van der Waals surface area (Å²) in [5, 5.41) is 0. The predicted molar refractivity (Wildman–Crippen MR) is 71.4 cm³/mol. The van der Waals surface area contributed by atoms with Gasteiger partial charge in [0, 0.05) is 31.8 Å². The molecule has 104 valence electrons. The number of ether oxygens (including phenoxy) is 1. The largest absolute Gasteiger partial charge is 0.399 e. The van der Waals surface area contributed by atoms with Gasteiger partial charge in [0.1, 0.15) is 5.82 Å². The highest BCUT2D eigenvalue weighted by atomic mass is 19.1. The Morgan fingerprint density at radius 1 is 1.58 bits per heavy atom. The number of carbonyl (C=O) groups is 1. The van der Waals surface area contributed by atoms with E-state index >= 15 is 0 Å². The summed E-state index contributed by atoms with van der Waals surface area (Å²) in [6.45, 7) is 3.49. The second-order valence-electron chi connectivity index (χ2n) is 5.06. The van der Waals surface area contributed by atoms with Crippen molar-refractivity contribution in [3.63, 3.8) is 0 Å². The standard InChI is InChI=1S/C14H19FN2O2/c1-9-5-11(16)6-12(13(9)15)14(18)17-4-3-10(7-17)8-19-2/h5-6,10H,3-4,7-8,16H2,1-2H3. The molecule has 1 amide bonds. The lowest BCUT2D eigenvalue weighted by Gasteiger charge is -2.17. The number of rotatable bonds is 3. The molecule has 1 saturated heterocycles. The van der Waals surface area contributed by atoms with E-state index in [2.05, 4.69) is 0 Å². The molecule has 1 aromatic carbocycles. The van der Waals surface area contributed by atoms with E-state index in [-0.39, 0.29) is 11.5 Å². The maximum Gasteiger partial charge on any atom is 0.256 e. The number of benzene rings is 1. The Labute approximate surface area is 112 Å². The Balaban J connectivity index is 2.17. The van der Waals surface area contributed by atoms with Crippen molar-refractivity contribution in [3.8, 4) is 0 Å². The van der Waals surface area contributed by atoms with Crippen LogP contribution in [-0.2, 0) is 4.74 Å². The molecule has 1 unspecified atom stereocenters. The number of carbonyl (C=O) groups excluding carboxylic acids is 1. The van der Waals surface area contributed by atoms with Crippen LogP contribution in [0.25, 0.3) is 0 Å². The minimum absolute atomic E-state index is 0.0653. The molecule has 0 spiro atoms. The molecule has 0 aliphatic carbocycles. The van der Waals surface area contributed by atoms with Crippen molar-refractivity contribution in [3.05, 3.63) is 29.1 Å². The summed E-state index contributed by atoms with van der Waals surface area (Å²) >= 11 is 0. The van der Waals surface area contributed by atoms with Crippen LogP contribution in [0, 0.1) is 18.7 Å². The number of likely N-dealkylation sites (tertiary alicyclic amines) is 1. The number of hydrogen-bond donors (Lipinski definition) is 1. The number of anilines is 1. The van der Waals surface area contributed by atoms with Gasteiger partial charge >= 0.3 is 0 Å². The average molecular weight is 266 g/mol. The molecular formula is C14H19FN2O2. The van der Waals surface area contributed by atoms with Crippen LogP contribution in [-0.4, -0.2) is 37.6 Å². The van der Waals surface area contributed by atoms with Gasteiger partial charge in [0.2, 0.25) is 0 Å². The molecule has 0 saturated carbocycles. The number of halogens is 1. The number of nitrogens with zero attached hydrogens (tertiary/aromatic N) is 1. The summed E-state index contributed by atoms with van der Waals surface area (Å²) < 4.78 is 19.1. The molecule has 2 N–H and O–H groups in total. The fourth-order valence-electron chi connectivity index (χ4n) is 2.51. The van der Waals surface area contributed by atoms with Gasteiger partial charge in [0.05, 0.1) is 12.2 Å². The van der Waals surface area contributed by atoms with Crippen molar-refractivity contribution in [1.29, 1.82) is 0 Å². The minimum Gasteiger partial charge on any atom is -0.399 e. The summed E-state index contributed by atoms with van der Waals surface area (Å²) in [7, 11) is 1.64. The van der Waals surface area contributed by atoms with Crippen molar-refractivity contribution in [2.24, 2.45) is 5.92 Å². The second-order valence-corrected chi connectivity index (χ2v) is 5.06. The fourth-order valence-corrected chi connectivity index (χ4v) is 2.51. The Hall–Kier alpha value is -1.62. The third-order valence-corrected chi connectivity index (χ3v) is 3.48. The molecule has 1 aliphatic heterocycles. The van der Waals surface area contributed by atoms with E-state index in [1.165, 1.54) is 12.1 Å². The molecule has 0 radical (unpaired) electrons. The van der Waals surface area contributed by atoms with Gasteiger partial charge in [-0.15, -0.1) is 0 Å². The number of nitrogen functional groups attached to an aromatic ring is 1. The SMILES string of the molecule is COCC1CCN(C(=O)c2cc(N)cc(C)c2F)C1. The van der Waals surface area contributed by atoms with Gasteiger partial charge in [0.15, 0.2) is 0 Å². The number of aryl methyl sites for hydroxylation is 1. The summed E-state index contributed by atoms with van der Waals surface area (Å²) in [5.41, 5.74) is 6.56. The highest BCUT2D eigenvalue weighted by Gasteiger charge is 2.28. The normalized spacial score (nSPS) is 18.9. The first-order valence-electron chi connectivity index (χ1n) is 6.36. The smallest absolute Gasteiger partial charge is 0.256 e. The van der Waals surface area contributed by atoms with E-state index in [0.29, 0.717) is 36.9 Å². The van der Waals surface area contributed by atoms with Gasteiger partial charge in [0.25, 0.3) is 5.91 Å². The van der Waals surface area contributed by atoms with Crippen LogP contribution in [0.4, 0.5) is 10.1 Å². The van der Waals surface area contributed by atoms with E-state index in [9.17, 15) is 9.18 Å². The van der Waals surface area contributed by atoms with Crippen molar-refractivity contribution in [2.75, 3.05) is 32.5 Å². The summed E-state index contributed by atoms with van der Waals surface area (Å²) in [5.74, 6) is -0.430. The molecule has 0 bridgehead atoms. The van der Waals surface area contributed by atoms with Crippen LogP contribution in [0.3, 0.4) is 0 Å². The highest BCUT2D eigenvalue weighted by Crippen LogP contribution is 2.23. The zero-order valence-corrected chi connectivity index (χ0v) is 11.3. The van der Waals surface area contributed by atoms with E-state index in [4.69, 9.17) is 10.5 Å². The lowest BCUT2D eigenvalue weighted by Crippen LogP contribution is -2.30. The third kappa shape index (κ3) is 2.87. The van der Waals surface area contributed by atoms with Gasteiger partial charge in [-0.3, -0.25) is 4.79 Å². The zero-order valence-electron chi connectivity index (χ0n) is 11.3. The molecule has 1 heterocycles. The predicted octanol–water partition coefficient (Wildman–Crippen LogP) is 1.82. The van der Waals surface area contributed by atoms with Gasteiger partial charge in [-0.1, -0.05) is 0 Å². The average Bonchev–Trinajstić information content (AvgIpc) is 2.82. The highest BCUT2D eigenvalue weighted by molar-refractivity contribution is 5.95. The second kappa shape index (κ2) is 5.57. The summed E-state index contributed by atoms with van der Waals surface area (Å²) in [6.07, 6.45) is 0.891. The van der Waals surface area contributed by atoms with Crippen molar-refractivity contribution >= 4 is 11.6 Å². The van der Waals surface area contributed by atoms with E-state index < -0.39 is 5.82 Å². The number of methoxy groups -OCH3 is 1. The first kappa shape index (κ1) is 13.8. The fraction of sp³-hybridized carbons (Fsp3) is 0.500. The molecule has 19 heavy (non-hydrogen) atoms. The topological polar surface area (TPSA) is 55.6 Å². The zero-order chi connectivity index (χ0) is 14.0. The maximum atomic E-state index is 14.0. The van der Waals surface area contributed by atoms with E-state index in [0.717, 1.165) is 6.42 Å². The van der Waals surface area contributed by atoms with Crippen LogP contribution in [0.15, 0.2) is 12.1 Å². The molecule has 1 aliphatic rings. The molecule has 1 atom stereocenters. The van der Waals surface area contributed by atoms with Crippen molar-refractivity contribution in [1.82, 2.24) is 4.90 Å². The van der Waals surface area contributed by atoms with Crippen LogP contribution in [0.2, 0.25) is 0 Å². The van der Waals surface area contributed by atoms with Crippen LogP contribution < -0.4 is 5.73 Å². The van der Waals surface area contributed by atoms with E-state index in [1.807, 2.05) is 0 Å². The Bertz CT molecular complexity index is 491. The quantitative estimate of drug-likeness (QED) is 0.849. The first-order chi connectivity index (χ1) is 9.02. The van der Waals surface area contributed by atoms with Crippen LogP contribution in [0.5, 0.6) is 0 Å². The third-order valence-electron chi connectivity index (χ3n) is 3.48. The molecule has 1 fully saturated rings. The van der Waals surface area contributed by atoms with Crippen molar-refractivity contribution in [2.45, 2.75) is 13.3 Å². The molecule has 2 rings (SSSR count). The Morgan fingerprint density at radius 3 is 3.00 bits per heavy atom. The Kier molecular flexibility index (Phi) is 4.04. The molecule has 0 aromatic heterocycles. The summed E-state index contributed by atoms with van der Waals surface area (Å²) in [4.78, 5) is 14.0. The number of hydrogen-bond acceptors (Lipinski definition) is 3. The molecule has 1 aromatic rings. The first-order valence-corrected chi connectivity index (χ1v) is 6.36.